The lowest BCUT2D eigenvalue weighted by molar-refractivity contribution is -0.138. The molecule has 0 saturated carbocycles. The summed E-state index contributed by atoms with van der Waals surface area (Å²) in [5, 5.41) is 28.2. The Bertz CT molecular complexity index is 2640. The van der Waals surface area contributed by atoms with Crippen molar-refractivity contribution in [3.8, 4) is 6.07 Å². The zero-order valence-electron chi connectivity index (χ0n) is 38.4. The molecule has 7 rings (SSSR count). The molecule has 70 heavy (non-hydrogen) atoms. The van der Waals surface area contributed by atoms with Gasteiger partial charge in [0.15, 0.2) is 5.11 Å². The lowest BCUT2D eigenvalue weighted by Gasteiger charge is -2.32. The lowest BCUT2D eigenvalue weighted by Crippen LogP contribution is -2.44. The molecule has 22 heteroatoms. The number of nitriles is 1. The number of piperidine rings is 1. The van der Waals surface area contributed by atoms with Gasteiger partial charge in [-0.1, -0.05) is 24.3 Å². The molecule has 4 heterocycles. The second-order valence-corrected chi connectivity index (χ2v) is 17.8. The summed E-state index contributed by atoms with van der Waals surface area (Å²) in [6.45, 7) is 6.15. The van der Waals surface area contributed by atoms with Gasteiger partial charge in [0, 0.05) is 63.6 Å². The Kier molecular flexibility index (Phi) is 16.4. The van der Waals surface area contributed by atoms with E-state index in [0.717, 1.165) is 36.5 Å². The molecule has 1 atom stereocenters. The standard InChI is InChI=1S/C48H52F4N10O7S/c1-47(2)45(67)61(34-8-7-31(24-53)38(21-34)48(50,51)52)46(70)62(47)35-9-10-37(39(49)22-35)43(65)54-14-18-68-19-20-69-28-42(64)60-16-12-33(13-17-60)58-41-23-40(56-29-57-41)44(66)55-25-36(63)27-59-15-11-30-5-3-4-6-32(30)26-59/h3-10,21-23,29,33,36,63H,11-20,25-28H2,1-2H3,(H,54,65)(H,55,66)(H,56,57,58)/t36-/m0/s1. The molecule has 1 aromatic heterocycles. The number of amides is 4. The summed E-state index contributed by atoms with van der Waals surface area (Å²) in [5.41, 5.74) is -1.05. The number of aliphatic hydroxyl groups is 1. The number of hydrogen-bond donors (Lipinski definition) is 4. The second kappa shape index (κ2) is 22.4. The molecule has 370 valence electrons. The van der Waals surface area contributed by atoms with Crippen LogP contribution >= 0.6 is 12.2 Å². The summed E-state index contributed by atoms with van der Waals surface area (Å²) >= 11 is 5.51. The Morgan fingerprint density at radius 3 is 2.40 bits per heavy atom. The van der Waals surface area contributed by atoms with Crippen LogP contribution in [-0.4, -0.2) is 137 Å². The first kappa shape index (κ1) is 51.2. The van der Waals surface area contributed by atoms with Gasteiger partial charge in [-0.25, -0.2) is 14.4 Å². The minimum atomic E-state index is -4.88. The van der Waals surface area contributed by atoms with Gasteiger partial charge in [-0.15, -0.1) is 0 Å². The van der Waals surface area contributed by atoms with E-state index in [-0.39, 0.29) is 79.2 Å². The van der Waals surface area contributed by atoms with Gasteiger partial charge in [0.05, 0.1) is 54.4 Å². The van der Waals surface area contributed by atoms with E-state index in [1.807, 2.05) is 12.1 Å². The normalized spacial score (nSPS) is 16.7. The van der Waals surface area contributed by atoms with Crippen LogP contribution in [0.4, 0.5) is 34.8 Å². The highest BCUT2D eigenvalue weighted by Crippen LogP contribution is 2.40. The summed E-state index contributed by atoms with van der Waals surface area (Å²) in [4.78, 5) is 66.5. The van der Waals surface area contributed by atoms with Gasteiger partial charge in [0.2, 0.25) is 5.91 Å². The number of aromatic nitrogens is 2. The van der Waals surface area contributed by atoms with Gasteiger partial charge in [-0.2, -0.15) is 18.4 Å². The quantitative estimate of drug-likeness (QED) is 0.0619. The number of rotatable bonds is 18. The Labute approximate surface area is 406 Å². The van der Waals surface area contributed by atoms with E-state index in [1.165, 1.54) is 60.5 Å². The fourth-order valence-corrected chi connectivity index (χ4v) is 9.03. The Morgan fingerprint density at radius 1 is 0.943 bits per heavy atom. The smallest absolute Gasteiger partial charge is 0.390 e. The predicted octanol–water partition coefficient (Wildman–Crippen LogP) is 4.44. The topological polar surface area (TPSA) is 206 Å². The monoisotopic (exact) mass is 988 g/mol. The highest BCUT2D eigenvalue weighted by atomic mass is 32.1. The predicted molar refractivity (Wildman–Crippen MR) is 252 cm³/mol. The molecule has 17 nitrogen and oxygen atoms in total. The molecule has 0 bridgehead atoms. The van der Waals surface area contributed by atoms with E-state index in [2.05, 4.69) is 43.0 Å². The van der Waals surface area contributed by atoms with E-state index in [0.29, 0.717) is 44.4 Å². The molecule has 3 aliphatic rings. The van der Waals surface area contributed by atoms with Crippen molar-refractivity contribution in [2.75, 3.05) is 80.8 Å². The minimum absolute atomic E-state index is 0.00224. The van der Waals surface area contributed by atoms with Gasteiger partial charge in [0.25, 0.3) is 17.7 Å². The van der Waals surface area contributed by atoms with Crippen molar-refractivity contribution in [3.63, 3.8) is 0 Å². The van der Waals surface area contributed by atoms with Crippen molar-refractivity contribution in [2.45, 2.75) is 63.5 Å². The van der Waals surface area contributed by atoms with Gasteiger partial charge in [0.1, 0.15) is 35.8 Å². The average Bonchev–Trinajstić information content (AvgIpc) is 3.52. The first-order valence-electron chi connectivity index (χ1n) is 22.6. The van der Waals surface area contributed by atoms with Crippen molar-refractivity contribution in [3.05, 3.63) is 112 Å². The third-order valence-corrected chi connectivity index (χ3v) is 12.6. The van der Waals surface area contributed by atoms with Crippen LogP contribution in [0.2, 0.25) is 0 Å². The number of hydrogen-bond acceptors (Lipinski definition) is 13. The maximum absolute atomic E-state index is 15.4. The molecular formula is C48H52F4N10O7S. The molecular weight excluding hydrogens is 937 g/mol. The van der Waals surface area contributed by atoms with Crippen molar-refractivity contribution in [1.82, 2.24) is 30.4 Å². The Hall–Kier alpha value is -6.64. The molecule has 3 aliphatic heterocycles. The number of halogens is 4. The number of benzene rings is 3. The third kappa shape index (κ3) is 12.2. The molecule has 0 spiro atoms. The van der Waals surface area contributed by atoms with Crippen LogP contribution < -0.4 is 25.8 Å². The zero-order chi connectivity index (χ0) is 50.2. The number of alkyl halides is 3. The molecule has 0 unspecified atom stereocenters. The molecule has 4 aromatic rings. The van der Waals surface area contributed by atoms with Gasteiger partial charge in [-0.3, -0.25) is 29.0 Å². The first-order valence-corrected chi connectivity index (χ1v) is 23.0. The number of likely N-dealkylation sites (tertiary alicyclic amines) is 1. The number of β-amino-alcohol motifs (C(OH)–C–C–N with tert-alkyl or cyclic N) is 1. The molecule has 4 N–H and O–H groups in total. The number of carbonyl (C=O) groups excluding carboxylic acids is 4. The van der Waals surface area contributed by atoms with Crippen LogP contribution in [0.5, 0.6) is 0 Å². The summed E-state index contributed by atoms with van der Waals surface area (Å²) in [6.07, 6.45) is -2.13. The summed E-state index contributed by atoms with van der Waals surface area (Å²) in [5.74, 6) is -2.51. The minimum Gasteiger partial charge on any atom is -0.390 e. The fourth-order valence-electron chi connectivity index (χ4n) is 8.51. The highest BCUT2D eigenvalue weighted by molar-refractivity contribution is 7.81. The second-order valence-electron chi connectivity index (χ2n) is 17.4. The van der Waals surface area contributed by atoms with Crippen LogP contribution in [0.3, 0.4) is 0 Å². The molecule has 4 amide bonds. The number of carbonyl (C=O) groups is 4. The number of nitrogens with zero attached hydrogens (tertiary/aromatic N) is 7. The maximum Gasteiger partial charge on any atom is 0.417 e. The number of ether oxygens (including phenoxy) is 2. The SMILES string of the molecule is CC1(C)C(=O)N(c2ccc(C#N)c(C(F)(F)F)c2)C(=S)N1c1ccc(C(=O)NCCOCCOCC(=O)N2CCC(Nc3cc(C(=O)NC[C@H](O)CN4CCc5ccccc5C4)ncn3)CC2)c(F)c1. The van der Waals surface area contributed by atoms with E-state index in [1.54, 1.807) is 11.0 Å². The van der Waals surface area contributed by atoms with E-state index in [4.69, 9.17) is 21.7 Å². The summed E-state index contributed by atoms with van der Waals surface area (Å²) in [7, 11) is 0. The van der Waals surface area contributed by atoms with Crippen LogP contribution in [0.1, 0.15) is 69.8 Å². The number of nitrogens with one attached hydrogen (secondary N) is 3. The lowest BCUT2D eigenvalue weighted by atomic mass is 10.00. The van der Waals surface area contributed by atoms with Crippen molar-refractivity contribution >= 4 is 58.2 Å². The van der Waals surface area contributed by atoms with Crippen LogP contribution in [0, 0.1) is 17.1 Å². The maximum atomic E-state index is 15.4. The number of fused-ring (bicyclic) bond motifs is 1. The molecule has 0 radical (unpaired) electrons. The molecule has 0 aliphatic carbocycles. The van der Waals surface area contributed by atoms with Crippen LogP contribution in [-0.2, 0) is 38.2 Å². The average molecular weight is 989 g/mol. The number of aliphatic hydroxyl groups excluding tert-OH is 1. The Balaban J connectivity index is 0.766. The molecule has 2 fully saturated rings. The van der Waals surface area contributed by atoms with Crippen molar-refractivity contribution in [2.24, 2.45) is 0 Å². The zero-order valence-corrected chi connectivity index (χ0v) is 39.2. The van der Waals surface area contributed by atoms with Crippen LogP contribution in [0.15, 0.2) is 73.1 Å². The van der Waals surface area contributed by atoms with Gasteiger partial charge in [-0.05, 0) is 92.9 Å². The van der Waals surface area contributed by atoms with Crippen LogP contribution in [0.25, 0.3) is 0 Å². The van der Waals surface area contributed by atoms with E-state index in [9.17, 15) is 42.7 Å². The van der Waals surface area contributed by atoms with Gasteiger partial charge >= 0.3 is 6.18 Å². The molecule has 3 aromatic carbocycles. The summed E-state index contributed by atoms with van der Waals surface area (Å²) in [6, 6.07) is 17.7. The van der Waals surface area contributed by atoms with Crippen molar-refractivity contribution < 1.29 is 51.3 Å². The Morgan fingerprint density at radius 2 is 1.67 bits per heavy atom. The fraction of sp³-hybridized carbons (Fsp3) is 0.417. The first-order chi connectivity index (χ1) is 33.4. The third-order valence-electron chi connectivity index (χ3n) is 12.2. The van der Waals surface area contributed by atoms with E-state index < -0.39 is 52.5 Å². The largest absolute Gasteiger partial charge is 0.417 e. The highest BCUT2D eigenvalue weighted by Gasteiger charge is 2.51. The van der Waals surface area contributed by atoms with Crippen molar-refractivity contribution in [1.29, 1.82) is 5.26 Å². The van der Waals surface area contributed by atoms with Gasteiger partial charge < -0.3 is 40.3 Å². The van der Waals surface area contributed by atoms with E-state index >= 15 is 4.39 Å². The summed E-state index contributed by atoms with van der Waals surface area (Å²) < 4.78 is 67.5. The molecule has 2 saturated heterocycles. The number of anilines is 3. The number of thiocarbonyl (C=S) groups is 1.